The zero-order valence-electron chi connectivity index (χ0n) is 14.7. The monoisotopic (exact) mass is 386 g/mol. The van der Waals surface area contributed by atoms with Crippen molar-refractivity contribution in [2.45, 2.75) is 19.4 Å². The highest BCUT2D eigenvalue weighted by Crippen LogP contribution is 2.31. The number of halogens is 1. The molecule has 0 aliphatic carbocycles. The topological polar surface area (TPSA) is 105 Å². The van der Waals surface area contributed by atoms with Crippen LogP contribution in [0.15, 0.2) is 42.5 Å². The summed E-state index contributed by atoms with van der Waals surface area (Å²) >= 11 is 5.90. The lowest BCUT2D eigenvalue weighted by molar-refractivity contribution is -0.118. The van der Waals surface area contributed by atoms with E-state index in [-0.39, 0.29) is 36.4 Å². The average Bonchev–Trinajstić information content (AvgIpc) is 2.74. The number of anilines is 3. The van der Waals surface area contributed by atoms with Crippen molar-refractivity contribution in [3.8, 4) is 0 Å². The minimum Gasteiger partial charge on any atom is -0.375 e. The van der Waals surface area contributed by atoms with Crippen LogP contribution in [0.3, 0.4) is 0 Å². The first-order valence-corrected chi connectivity index (χ1v) is 8.79. The fourth-order valence-electron chi connectivity index (χ4n) is 3.10. The molecular weight excluding hydrogens is 368 g/mol. The largest absolute Gasteiger partial charge is 0.375 e. The average molecular weight is 387 g/mol. The zero-order chi connectivity index (χ0) is 19.6. The number of para-hydroxylation sites is 2. The van der Waals surface area contributed by atoms with Gasteiger partial charge in [0.1, 0.15) is 0 Å². The second-order valence-electron chi connectivity index (χ2n) is 6.29. The van der Waals surface area contributed by atoms with Crippen molar-refractivity contribution in [3.05, 3.63) is 53.1 Å². The fraction of sp³-hybridized carbons (Fsp3) is 0.211. The van der Waals surface area contributed by atoms with Gasteiger partial charge in [-0.05, 0) is 37.3 Å². The first kappa shape index (κ1) is 18.7. The number of fused-ring (bicyclic) bond motifs is 1. The van der Waals surface area contributed by atoms with Crippen LogP contribution in [0.25, 0.3) is 0 Å². The molecule has 1 unspecified atom stereocenters. The summed E-state index contributed by atoms with van der Waals surface area (Å²) in [7, 11) is 0. The van der Waals surface area contributed by atoms with Crippen LogP contribution in [0.2, 0.25) is 5.02 Å². The Labute approximate surface area is 161 Å². The van der Waals surface area contributed by atoms with Crippen molar-refractivity contribution < 1.29 is 14.4 Å². The quantitative estimate of drug-likeness (QED) is 0.751. The third-order valence-corrected chi connectivity index (χ3v) is 4.54. The molecule has 27 heavy (non-hydrogen) atoms. The molecule has 4 N–H and O–H groups in total. The van der Waals surface area contributed by atoms with Crippen LogP contribution in [0, 0.1) is 0 Å². The summed E-state index contributed by atoms with van der Waals surface area (Å²) in [5.41, 5.74) is 7.22. The Hall–Kier alpha value is -3.06. The predicted octanol–water partition coefficient (Wildman–Crippen LogP) is 2.61. The molecule has 0 fully saturated rings. The predicted molar refractivity (Wildman–Crippen MR) is 105 cm³/mol. The van der Waals surface area contributed by atoms with Gasteiger partial charge < -0.3 is 21.3 Å². The number of hydrogen-bond acceptors (Lipinski definition) is 4. The highest BCUT2D eigenvalue weighted by molar-refractivity contribution is 6.31. The Morgan fingerprint density at radius 3 is 2.78 bits per heavy atom. The molecule has 140 valence electrons. The zero-order valence-corrected chi connectivity index (χ0v) is 15.4. The van der Waals surface area contributed by atoms with Crippen LogP contribution in [0.1, 0.15) is 23.7 Å². The number of primary amides is 1. The van der Waals surface area contributed by atoms with Crippen molar-refractivity contribution in [2.75, 3.05) is 22.1 Å². The van der Waals surface area contributed by atoms with Gasteiger partial charge in [0.2, 0.25) is 11.8 Å². The summed E-state index contributed by atoms with van der Waals surface area (Å²) < 4.78 is 0. The molecule has 8 heteroatoms. The number of nitrogens with zero attached hydrogens (tertiary/aromatic N) is 1. The van der Waals surface area contributed by atoms with Crippen LogP contribution in [-0.4, -0.2) is 30.3 Å². The smallest absolute Gasteiger partial charge is 0.250 e. The second kappa shape index (κ2) is 7.67. The van der Waals surface area contributed by atoms with Gasteiger partial charge in [-0.15, -0.1) is 0 Å². The number of hydrogen-bond donors (Lipinski definition) is 3. The summed E-state index contributed by atoms with van der Waals surface area (Å²) in [6.07, 6.45) is 0.188. The van der Waals surface area contributed by atoms with Gasteiger partial charge in [-0.25, -0.2) is 0 Å². The third-order valence-electron chi connectivity index (χ3n) is 4.31. The van der Waals surface area contributed by atoms with Gasteiger partial charge in [0.25, 0.3) is 5.91 Å². The summed E-state index contributed by atoms with van der Waals surface area (Å²) in [5.74, 6) is -1.03. The molecular formula is C19H19ClN4O3. The van der Waals surface area contributed by atoms with E-state index in [1.807, 2.05) is 6.92 Å². The SMILES string of the molecule is CC1CC(=O)Nc2ccccc2N1C(=O)CNc1ccc(Cl)cc1C(N)=O. The molecule has 0 spiro atoms. The van der Waals surface area contributed by atoms with Gasteiger partial charge in [0.15, 0.2) is 0 Å². The normalized spacial score (nSPS) is 16.1. The van der Waals surface area contributed by atoms with E-state index in [1.165, 1.54) is 6.07 Å². The highest BCUT2D eigenvalue weighted by atomic mass is 35.5. The molecule has 2 aromatic carbocycles. The van der Waals surface area contributed by atoms with Gasteiger partial charge in [-0.2, -0.15) is 0 Å². The van der Waals surface area contributed by atoms with E-state index in [0.717, 1.165) is 0 Å². The number of nitrogens with one attached hydrogen (secondary N) is 2. The van der Waals surface area contributed by atoms with E-state index < -0.39 is 5.91 Å². The van der Waals surface area contributed by atoms with Crippen LogP contribution in [0.4, 0.5) is 17.1 Å². The summed E-state index contributed by atoms with van der Waals surface area (Å²) in [4.78, 5) is 38.1. The lowest BCUT2D eigenvalue weighted by Crippen LogP contribution is -2.42. The number of rotatable bonds is 4. The standard InChI is InChI=1S/C19H19ClN4O3/c1-11-8-17(25)23-15-4-2-3-5-16(15)24(11)18(26)10-22-14-7-6-12(20)9-13(14)19(21)27/h2-7,9,11,22H,8,10H2,1H3,(H2,21,27)(H,23,25). The van der Waals surface area contributed by atoms with Crippen LogP contribution in [0.5, 0.6) is 0 Å². The minimum absolute atomic E-state index is 0.0746. The number of amides is 3. The first-order valence-electron chi connectivity index (χ1n) is 8.41. The molecule has 1 aliphatic rings. The Morgan fingerprint density at radius 1 is 1.30 bits per heavy atom. The van der Waals surface area contributed by atoms with Crippen molar-refractivity contribution in [1.29, 1.82) is 0 Å². The molecule has 3 amide bonds. The Balaban J connectivity index is 1.84. The number of benzene rings is 2. The van der Waals surface area contributed by atoms with E-state index >= 15 is 0 Å². The van der Waals surface area contributed by atoms with E-state index in [2.05, 4.69) is 10.6 Å². The van der Waals surface area contributed by atoms with Crippen LogP contribution < -0.4 is 21.3 Å². The molecule has 2 aromatic rings. The molecule has 1 aliphatic heterocycles. The summed E-state index contributed by atoms with van der Waals surface area (Å²) in [6.45, 7) is 1.74. The molecule has 0 saturated heterocycles. The maximum atomic E-state index is 12.9. The molecule has 0 aromatic heterocycles. The number of carbonyl (C=O) groups is 3. The number of carbonyl (C=O) groups excluding carboxylic acids is 3. The van der Waals surface area contributed by atoms with E-state index in [4.69, 9.17) is 17.3 Å². The molecule has 1 heterocycles. The van der Waals surface area contributed by atoms with Crippen molar-refractivity contribution in [1.82, 2.24) is 0 Å². The van der Waals surface area contributed by atoms with Gasteiger partial charge in [0.05, 0.1) is 23.5 Å². The van der Waals surface area contributed by atoms with Gasteiger partial charge in [-0.3, -0.25) is 14.4 Å². The lowest BCUT2D eigenvalue weighted by atomic mass is 10.1. The van der Waals surface area contributed by atoms with Crippen LogP contribution in [-0.2, 0) is 9.59 Å². The highest BCUT2D eigenvalue weighted by Gasteiger charge is 2.29. The van der Waals surface area contributed by atoms with Gasteiger partial charge in [0, 0.05) is 23.2 Å². The van der Waals surface area contributed by atoms with E-state index in [0.29, 0.717) is 22.1 Å². The summed E-state index contributed by atoms with van der Waals surface area (Å²) in [5, 5.41) is 6.13. The molecule has 1 atom stereocenters. The maximum absolute atomic E-state index is 12.9. The van der Waals surface area contributed by atoms with Crippen molar-refractivity contribution in [2.24, 2.45) is 5.73 Å². The number of nitrogens with two attached hydrogens (primary N) is 1. The van der Waals surface area contributed by atoms with Crippen molar-refractivity contribution >= 4 is 46.4 Å². The molecule has 7 nitrogen and oxygen atoms in total. The fourth-order valence-corrected chi connectivity index (χ4v) is 3.27. The van der Waals surface area contributed by atoms with E-state index in [9.17, 15) is 14.4 Å². The van der Waals surface area contributed by atoms with Crippen molar-refractivity contribution in [3.63, 3.8) is 0 Å². The van der Waals surface area contributed by atoms with Gasteiger partial charge in [-0.1, -0.05) is 23.7 Å². The molecule has 3 rings (SSSR count). The third kappa shape index (κ3) is 4.03. The molecule has 0 radical (unpaired) electrons. The minimum atomic E-state index is -0.643. The lowest BCUT2D eigenvalue weighted by Gasteiger charge is -2.28. The Kier molecular flexibility index (Phi) is 5.32. The second-order valence-corrected chi connectivity index (χ2v) is 6.73. The summed E-state index contributed by atoms with van der Waals surface area (Å²) in [6, 6.07) is 11.5. The Morgan fingerprint density at radius 2 is 2.04 bits per heavy atom. The molecule has 0 saturated carbocycles. The van der Waals surface area contributed by atoms with Crippen LogP contribution >= 0.6 is 11.6 Å². The maximum Gasteiger partial charge on any atom is 0.250 e. The Bertz CT molecular complexity index is 916. The van der Waals surface area contributed by atoms with E-state index in [1.54, 1.807) is 41.3 Å². The molecule has 0 bridgehead atoms. The van der Waals surface area contributed by atoms with Gasteiger partial charge >= 0.3 is 0 Å². The first-order chi connectivity index (χ1) is 12.9.